The Morgan fingerprint density at radius 2 is 1.65 bits per heavy atom. The van der Waals surface area contributed by atoms with Gasteiger partial charge in [0.2, 0.25) is 0 Å². The van der Waals surface area contributed by atoms with E-state index in [1.807, 2.05) is 6.92 Å². The maximum absolute atomic E-state index is 12.1. The molecule has 1 aliphatic rings. The molecule has 2 aromatic heterocycles. The first-order valence-corrected chi connectivity index (χ1v) is 7.52. The summed E-state index contributed by atoms with van der Waals surface area (Å²) in [7, 11) is 3.18. The zero-order valence-electron chi connectivity index (χ0n) is 13.6. The first kappa shape index (κ1) is 15.3. The van der Waals surface area contributed by atoms with Crippen molar-refractivity contribution in [3.05, 3.63) is 45.0 Å². The molecule has 0 unspecified atom stereocenters. The van der Waals surface area contributed by atoms with E-state index in [1.165, 1.54) is 17.7 Å². The van der Waals surface area contributed by atoms with E-state index < -0.39 is 0 Å². The molecule has 3 rings (SSSR count). The zero-order valence-corrected chi connectivity index (χ0v) is 13.6. The molecular formula is C15H20N6O2. The van der Waals surface area contributed by atoms with Crippen molar-refractivity contribution >= 4 is 11.6 Å². The molecule has 3 heterocycles. The van der Waals surface area contributed by atoms with Crippen LogP contribution in [0.3, 0.4) is 0 Å². The molecule has 0 N–H and O–H groups in total. The molecule has 0 saturated carbocycles. The van der Waals surface area contributed by atoms with Crippen LogP contribution in [0.4, 0.5) is 11.6 Å². The van der Waals surface area contributed by atoms with Crippen molar-refractivity contribution < 1.29 is 0 Å². The van der Waals surface area contributed by atoms with Crippen LogP contribution in [0.15, 0.2) is 28.2 Å². The number of piperazine rings is 1. The number of rotatable bonds is 2. The molecule has 1 fully saturated rings. The van der Waals surface area contributed by atoms with E-state index in [2.05, 4.69) is 19.8 Å². The molecule has 23 heavy (non-hydrogen) atoms. The maximum Gasteiger partial charge on any atom is 0.332 e. The van der Waals surface area contributed by atoms with Gasteiger partial charge in [0.05, 0.1) is 0 Å². The van der Waals surface area contributed by atoms with Crippen molar-refractivity contribution in [2.45, 2.75) is 6.92 Å². The molecule has 0 bridgehead atoms. The highest BCUT2D eigenvalue weighted by Crippen LogP contribution is 2.19. The van der Waals surface area contributed by atoms with Crippen molar-refractivity contribution in [3.8, 4) is 0 Å². The summed E-state index contributed by atoms with van der Waals surface area (Å²) in [5.41, 5.74) is 0.459. The van der Waals surface area contributed by atoms with Crippen LogP contribution in [0.5, 0.6) is 0 Å². The quantitative estimate of drug-likeness (QED) is 0.744. The number of hydrogen-bond acceptors (Lipinski definition) is 6. The summed E-state index contributed by atoms with van der Waals surface area (Å²) >= 11 is 0. The number of anilines is 2. The smallest absolute Gasteiger partial charge is 0.332 e. The Morgan fingerprint density at radius 1 is 1.00 bits per heavy atom. The number of aryl methyl sites for hydroxylation is 1. The SMILES string of the molecule is Cc1cncnc1N1CCN(c2cc(=O)n(C)c(=O)n2C)CC1. The molecule has 0 amide bonds. The summed E-state index contributed by atoms with van der Waals surface area (Å²) in [6.07, 6.45) is 3.36. The van der Waals surface area contributed by atoms with E-state index >= 15 is 0 Å². The van der Waals surface area contributed by atoms with Gasteiger partial charge >= 0.3 is 5.69 Å². The molecule has 0 aromatic carbocycles. The lowest BCUT2D eigenvalue weighted by molar-refractivity contribution is 0.606. The Labute approximate surface area is 133 Å². The molecule has 1 aliphatic heterocycles. The molecule has 122 valence electrons. The van der Waals surface area contributed by atoms with E-state index in [1.54, 1.807) is 19.6 Å². The van der Waals surface area contributed by atoms with E-state index in [0.29, 0.717) is 5.82 Å². The highest BCUT2D eigenvalue weighted by atomic mass is 16.2. The number of aromatic nitrogens is 4. The second kappa shape index (κ2) is 5.86. The molecule has 8 nitrogen and oxygen atoms in total. The van der Waals surface area contributed by atoms with Crippen molar-refractivity contribution in [2.75, 3.05) is 36.0 Å². The van der Waals surface area contributed by atoms with Crippen molar-refractivity contribution in [1.82, 2.24) is 19.1 Å². The Hall–Kier alpha value is -2.64. The Kier molecular flexibility index (Phi) is 3.89. The summed E-state index contributed by atoms with van der Waals surface area (Å²) in [5, 5.41) is 0. The van der Waals surface area contributed by atoms with Gasteiger partial charge in [0, 0.05) is 58.1 Å². The fourth-order valence-corrected chi connectivity index (χ4v) is 2.90. The van der Waals surface area contributed by atoms with E-state index in [4.69, 9.17) is 0 Å². The largest absolute Gasteiger partial charge is 0.354 e. The van der Waals surface area contributed by atoms with Gasteiger partial charge in [-0.3, -0.25) is 13.9 Å². The average molecular weight is 316 g/mol. The van der Waals surface area contributed by atoms with Crippen molar-refractivity contribution in [2.24, 2.45) is 14.1 Å². The van der Waals surface area contributed by atoms with Gasteiger partial charge in [0.1, 0.15) is 18.0 Å². The fraction of sp³-hybridized carbons (Fsp3) is 0.467. The molecule has 8 heteroatoms. The topological polar surface area (TPSA) is 76.3 Å². The van der Waals surface area contributed by atoms with Crippen LogP contribution in [-0.2, 0) is 14.1 Å². The first-order valence-electron chi connectivity index (χ1n) is 7.52. The van der Waals surface area contributed by atoms with Crippen LogP contribution in [0.25, 0.3) is 0 Å². The molecule has 1 saturated heterocycles. The number of hydrogen-bond donors (Lipinski definition) is 0. The van der Waals surface area contributed by atoms with Gasteiger partial charge in [-0.2, -0.15) is 0 Å². The molecule has 2 aromatic rings. The average Bonchev–Trinajstić information content (AvgIpc) is 2.57. The third-order valence-corrected chi connectivity index (χ3v) is 4.27. The van der Waals surface area contributed by atoms with Gasteiger partial charge in [0.15, 0.2) is 0 Å². The lowest BCUT2D eigenvalue weighted by Gasteiger charge is -2.37. The predicted molar refractivity (Wildman–Crippen MR) is 88.1 cm³/mol. The minimum Gasteiger partial charge on any atom is -0.354 e. The standard InChI is InChI=1S/C15H20N6O2/c1-11-9-16-10-17-14(11)21-6-4-20(5-7-21)12-8-13(22)19(3)15(23)18(12)2/h8-10H,4-7H2,1-3H3. The number of nitrogens with zero attached hydrogens (tertiary/aromatic N) is 6. The van der Waals surface area contributed by atoms with Crippen LogP contribution < -0.4 is 21.0 Å². The summed E-state index contributed by atoms with van der Waals surface area (Å²) in [6.45, 7) is 5.00. The molecule has 0 spiro atoms. The predicted octanol–water partition coefficient (Wildman–Crippen LogP) is -0.491. The highest BCUT2D eigenvalue weighted by Gasteiger charge is 2.21. The van der Waals surface area contributed by atoms with E-state index in [9.17, 15) is 9.59 Å². The first-order chi connectivity index (χ1) is 11.0. The lowest BCUT2D eigenvalue weighted by Crippen LogP contribution is -2.49. The third kappa shape index (κ3) is 2.71. The van der Waals surface area contributed by atoms with E-state index in [-0.39, 0.29) is 11.2 Å². The van der Waals surface area contributed by atoms with Crippen LogP contribution in [-0.4, -0.2) is 45.3 Å². The van der Waals surface area contributed by atoms with E-state index in [0.717, 1.165) is 42.1 Å². The Bertz CT molecular complexity index is 833. The van der Waals surface area contributed by atoms with Crippen LogP contribution >= 0.6 is 0 Å². The summed E-state index contributed by atoms with van der Waals surface area (Å²) in [5.74, 6) is 1.61. The Morgan fingerprint density at radius 3 is 2.30 bits per heavy atom. The lowest BCUT2D eigenvalue weighted by atomic mass is 10.2. The normalized spacial score (nSPS) is 15.1. The van der Waals surface area contributed by atoms with Crippen molar-refractivity contribution in [1.29, 1.82) is 0 Å². The zero-order chi connectivity index (χ0) is 16.6. The fourth-order valence-electron chi connectivity index (χ4n) is 2.90. The minimum atomic E-state index is -0.304. The Balaban J connectivity index is 1.82. The second-order valence-electron chi connectivity index (χ2n) is 5.74. The van der Waals surface area contributed by atoms with Crippen molar-refractivity contribution in [3.63, 3.8) is 0 Å². The summed E-state index contributed by atoms with van der Waals surface area (Å²) in [4.78, 5) is 36.6. The minimum absolute atomic E-state index is 0.280. The van der Waals surface area contributed by atoms with Gasteiger partial charge in [-0.15, -0.1) is 0 Å². The van der Waals surface area contributed by atoms with Crippen LogP contribution in [0, 0.1) is 6.92 Å². The molecular weight excluding hydrogens is 296 g/mol. The van der Waals surface area contributed by atoms with Gasteiger partial charge in [-0.05, 0) is 6.92 Å². The highest BCUT2D eigenvalue weighted by molar-refractivity contribution is 5.48. The third-order valence-electron chi connectivity index (χ3n) is 4.27. The monoisotopic (exact) mass is 316 g/mol. The maximum atomic E-state index is 12.1. The molecule has 0 atom stereocenters. The summed E-state index contributed by atoms with van der Waals surface area (Å²) < 4.78 is 2.64. The van der Waals surface area contributed by atoms with Gasteiger partial charge < -0.3 is 9.80 Å². The molecule has 0 radical (unpaired) electrons. The van der Waals surface area contributed by atoms with Gasteiger partial charge in [-0.25, -0.2) is 14.8 Å². The second-order valence-corrected chi connectivity index (χ2v) is 5.74. The van der Waals surface area contributed by atoms with Crippen LogP contribution in [0.1, 0.15) is 5.56 Å². The van der Waals surface area contributed by atoms with Gasteiger partial charge in [0.25, 0.3) is 5.56 Å². The van der Waals surface area contributed by atoms with Crippen LogP contribution in [0.2, 0.25) is 0 Å². The summed E-state index contributed by atoms with van der Waals surface area (Å²) in [6, 6.07) is 1.52. The molecule has 0 aliphatic carbocycles. The van der Waals surface area contributed by atoms with Gasteiger partial charge in [-0.1, -0.05) is 0 Å².